The third kappa shape index (κ3) is 2.61. The molecule has 0 bridgehead atoms. The Morgan fingerprint density at radius 1 is 1.05 bits per heavy atom. The topological polar surface area (TPSA) is 34.1 Å². The summed E-state index contributed by atoms with van der Waals surface area (Å²) in [6.45, 7) is 4.24. The molecule has 0 radical (unpaired) electrons. The average Bonchev–Trinajstić information content (AvgIpc) is 2.46. The highest BCUT2D eigenvalue weighted by atomic mass is 35.5. The molecule has 0 atom stereocenters. The van der Waals surface area contributed by atoms with Crippen molar-refractivity contribution in [1.29, 1.82) is 0 Å². The largest absolute Gasteiger partial charge is 0.497 e. The van der Waals surface area contributed by atoms with Crippen molar-refractivity contribution < 1.29 is 4.74 Å². The predicted octanol–water partition coefficient (Wildman–Crippen LogP) is 4.87. The quantitative estimate of drug-likeness (QED) is 0.701. The molecule has 0 amide bonds. The minimum Gasteiger partial charge on any atom is -0.497 e. The fourth-order valence-corrected chi connectivity index (χ4v) is 2.63. The lowest BCUT2D eigenvalue weighted by Crippen LogP contribution is -2.10. The summed E-state index contributed by atoms with van der Waals surface area (Å²) in [7, 11) is 1.67. The van der Waals surface area contributed by atoms with E-state index in [4.69, 9.17) is 21.3 Å². The Kier molecular flexibility index (Phi) is 3.60. The number of methoxy groups -OCH3 is 1. The second-order valence-electron chi connectivity index (χ2n) is 5.33. The summed E-state index contributed by atoms with van der Waals surface area (Å²) in [6, 6.07) is 12.0. The number of hydrogen-bond acceptors (Lipinski definition) is 3. The summed E-state index contributed by atoms with van der Waals surface area (Å²) >= 11 is 6.10. The van der Waals surface area contributed by atoms with Gasteiger partial charge in [0.25, 0.3) is 0 Å². The summed E-state index contributed by atoms with van der Waals surface area (Å²) < 4.78 is 5.34. The normalized spacial score (nSPS) is 11.3. The number of hydrogen-bond donors (Lipinski definition) is 1. The van der Waals surface area contributed by atoms with E-state index in [1.165, 1.54) is 0 Å². The minimum atomic E-state index is 0.320. The summed E-state index contributed by atoms with van der Waals surface area (Å²) in [5.41, 5.74) is 2.89. The van der Waals surface area contributed by atoms with Gasteiger partial charge in [0, 0.05) is 21.8 Å². The zero-order chi connectivity index (χ0) is 15.0. The van der Waals surface area contributed by atoms with E-state index in [2.05, 4.69) is 19.2 Å². The zero-order valence-corrected chi connectivity index (χ0v) is 13.0. The Hall–Kier alpha value is -2.00. The van der Waals surface area contributed by atoms with Crippen LogP contribution < -0.4 is 10.1 Å². The lowest BCUT2D eigenvalue weighted by Gasteiger charge is -2.16. The molecule has 1 N–H and O–H groups in total. The van der Waals surface area contributed by atoms with E-state index in [-0.39, 0.29) is 0 Å². The van der Waals surface area contributed by atoms with Crippen LogP contribution in [0.15, 0.2) is 36.4 Å². The number of rotatable bonds is 3. The van der Waals surface area contributed by atoms with Crippen LogP contribution in [0.1, 0.15) is 13.8 Å². The van der Waals surface area contributed by atoms with Crippen LogP contribution in [0.5, 0.6) is 5.75 Å². The van der Waals surface area contributed by atoms with Crippen LogP contribution in [-0.4, -0.2) is 18.1 Å². The molecular weight excluding hydrogens is 284 g/mol. The molecule has 3 nitrogen and oxygen atoms in total. The molecular formula is C17H17ClN2O. The monoisotopic (exact) mass is 300 g/mol. The molecule has 1 aromatic heterocycles. The van der Waals surface area contributed by atoms with Gasteiger partial charge in [-0.3, -0.25) is 0 Å². The van der Waals surface area contributed by atoms with E-state index in [1.807, 2.05) is 36.4 Å². The average molecular weight is 301 g/mol. The highest BCUT2D eigenvalue weighted by Gasteiger charge is 2.11. The molecule has 0 spiro atoms. The Morgan fingerprint density at radius 2 is 1.86 bits per heavy atom. The number of halogens is 1. The van der Waals surface area contributed by atoms with Crippen LogP contribution in [0.2, 0.25) is 5.02 Å². The van der Waals surface area contributed by atoms with Crippen molar-refractivity contribution in [2.24, 2.45) is 0 Å². The van der Waals surface area contributed by atoms with Gasteiger partial charge in [0.2, 0.25) is 0 Å². The van der Waals surface area contributed by atoms with Gasteiger partial charge in [-0.2, -0.15) is 0 Å². The van der Waals surface area contributed by atoms with Crippen molar-refractivity contribution in [2.45, 2.75) is 19.9 Å². The van der Waals surface area contributed by atoms with Crippen molar-refractivity contribution in [2.75, 3.05) is 12.4 Å². The molecule has 0 unspecified atom stereocenters. The maximum absolute atomic E-state index is 6.10. The molecule has 2 aromatic carbocycles. The SMILES string of the molecule is COc1ccc2nc3cc(Cl)ccc3c(NC(C)C)c2c1. The van der Waals surface area contributed by atoms with Gasteiger partial charge in [0.15, 0.2) is 0 Å². The third-order valence-corrected chi connectivity index (χ3v) is 3.61. The zero-order valence-electron chi connectivity index (χ0n) is 12.3. The standard InChI is InChI=1S/C17H17ClN2O/c1-10(2)19-17-13-6-4-11(18)8-16(13)20-15-7-5-12(21-3)9-14(15)17/h4-10H,1-3H3,(H,19,20). The smallest absolute Gasteiger partial charge is 0.119 e. The van der Waals surface area contributed by atoms with E-state index in [0.29, 0.717) is 11.1 Å². The minimum absolute atomic E-state index is 0.320. The van der Waals surface area contributed by atoms with Gasteiger partial charge in [0.05, 0.1) is 23.8 Å². The maximum Gasteiger partial charge on any atom is 0.119 e. The molecule has 108 valence electrons. The molecule has 3 aromatic rings. The van der Waals surface area contributed by atoms with Gasteiger partial charge < -0.3 is 10.1 Å². The molecule has 0 saturated carbocycles. The number of benzene rings is 2. The number of nitrogens with zero attached hydrogens (tertiary/aromatic N) is 1. The van der Waals surface area contributed by atoms with Crippen molar-refractivity contribution in [1.82, 2.24) is 4.98 Å². The number of aromatic nitrogens is 1. The molecule has 4 heteroatoms. The first kappa shape index (κ1) is 14.0. The first-order chi connectivity index (χ1) is 10.1. The van der Waals surface area contributed by atoms with Gasteiger partial charge in [-0.1, -0.05) is 11.6 Å². The van der Waals surface area contributed by atoms with Crippen molar-refractivity contribution >= 4 is 39.1 Å². The van der Waals surface area contributed by atoms with E-state index < -0.39 is 0 Å². The number of ether oxygens (including phenoxy) is 1. The van der Waals surface area contributed by atoms with Crippen LogP contribution in [0, 0.1) is 0 Å². The van der Waals surface area contributed by atoms with Crippen LogP contribution in [0.4, 0.5) is 5.69 Å². The highest BCUT2D eigenvalue weighted by Crippen LogP contribution is 2.34. The van der Waals surface area contributed by atoms with Gasteiger partial charge in [-0.15, -0.1) is 0 Å². The van der Waals surface area contributed by atoms with E-state index in [9.17, 15) is 0 Å². The van der Waals surface area contributed by atoms with Crippen molar-refractivity contribution in [3.8, 4) is 5.75 Å². The summed E-state index contributed by atoms with van der Waals surface area (Å²) in [5.74, 6) is 0.824. The number of fused-ring (bicyclic) bond motifs is 2. The second-order valence-corrected chi connectivity index (χ2v) is 5.77. The van der Waals surface area contributed by atoms with Crippen LogP contribution in [0.25, 0.3) is 21.8 Å². The van der Waals surface area contributed by atoms with Crippen LogP contribution in [-0.2, 0) is 0 Å². The van der Waals surface area contributed by atoms with Crippen molar-refractivity contribution in [3.63, 3.8) is 0 Å². The first-order valence-corrected chi connectivity index (χ1v) is 7.30. The van der Waals surface area contributed by atoms with Crippen molar-refractivity contribution in [3.05, 3.63) is 41.4 Å². The third-order valence-electron chi connectivity index (χ3n) is 3.38. The van der Waals surface area contributed by atoms with Crippen LogP contribution in [0.3, 0.4) is 0 Å². The van der Waals surface area contributed by atoms with Gasteiger partial charge >= 0.3 is 0 Å². The maximum atomic E-state index is 6.10. The summed E-state index contributed by atoms with van der Waals surface area (Å²) in [5, 5.41) is 6.33. The molecule has 0 fully saturated rings. The molecule has 0 aliphatic carbocycles. The van der Waals surface area contributed by atoms with Gasteiger partial charge in [0.1, 0.15) is 5.75 Å². The van der Waals surface area contributed by atoms with E-state index in [1.54, 1.807) is 7.11 Å². The first-order valence-electron chi connectivity index (χ1n) is 6.92. The Bertz CT molecular complexity index is 815. The van der Waals surface area contributed by atoms with Gasteiger partial charge in [-0.25, -0.2) is 4.98 Å². The fourth-order valence-electron chi connectivity index (χ4n) is 2.47. The fraction of sp³-hybridized carbons (Fsp3) is 0.235. The van der Waals surface area contributed by atoms with Gasteiger partial charge in [-0.05, 0) is 50.2 Å². The molecule has 1 heterocycles. The molecule has 21 heavy (non-hydrogen) atoms. The van der Waals surface area contributed by atoms with E-state index in [0.717, 1.165) is 33.2 Å². The lowest BCUT2D eigenvalue weighted by atomic mass is 10.1. The molecule has 0 aliphatic heterocycles. The summed E-state index contributed by atoms with van der Waals surface area (Å²) in [4.78, 5) is 4.70. The predicted molar refractivity (Wildman–Crippen MR) is 89.6 cm³/mol. The van der Waals surface area contributed by atoms with E-state index >= 15 is 0 Å². The summed E-state index contributed by atoms with van der Waals surface area (Å²) in [6.07, 6.45) is 0. The van der Waals surface area contributed by atoms with Crippen LogP contribution >= 0.6 is 11.6 Å². The molecule has 0 saturated heterocycles. The Morgan fingerprint density at radius 3 is 2.57 bits per heavy atom. The Labute approximate surface area is 128 Å². The molecule has 3 rings (SSSR count). The second kappa shape index (κ2) is 5.41. The highest BCUT2D eigenvalue weighted by molar-refractivity contribution is 6.31. The number of pyridine rings is 1. The Balaban J connectivity index is 2.39. The lowest BCUT2D eigenvalue weighted by molar-refractivity contribution is 0.415. The molecule has 0 aliphatic rings. The number of nitrogens with one attached hydrogen (secondary N) is 1. The number of anilines is 1.